The molecular weight excluding hydrogens is 382 g/mol. The van der Waals surface area contributed by atoms with Gasteiger partial charge in [0, 0.05) is 0 Å². The van der Waals surface area contributed by atoms with Crippen LogP contribution in [-0.4, -0.2) is 15.6 Å². The molecule has 2 nitrogen and oxygen atoms in total. The van der Waals surface area contributed by atoms with E-state index in [0.29, 0.717) is 0 Å². The van der Waals surface area contributed by atoms with Gasteiger partial charge in [0.2, 0.25) is 0 Å². The third kappa shape index (κ3) is 2.13. The van der Waals surface area contributed by atoms with Crippen molar-refractivity contribution in [3.8, 4) is 22.6 Å². The van der Waals surface area contributed by atoms with E-state index in [2.05, 4.69) is 76.2 Å². The number of rotatable bonds is 0. The van der Waals surface area contributed by atoms with Gasteiger partial charge >= 0.3 is 149 Å². The van der Waals surface area contributed by atoms with Crippen molar-refractivity contribution in [3.05, 3.63) is 72.8 Å². The molecule has 0 aliphatic carbocycles. The van der Waals surface area contributed by atoms with Crippen LogP contribution in [0.2, 0.25) is 0 Å². The van der Waals surface area contributed by atoms with Gasteiger partial charge in [-0.15, -0.1) is 0 Å². The Morgan fingerprint density at radius 3 is 1.54 bits per heavy atom. The summed E-state index contributed by atoms with van der Waals surface area (Å²) >= 11 is 3.02. The summed E-state index contributed by atoms with van der Waals surface area (Å²) in [6.45, 7) is 0. The summed E-state index contributed by atoms with van der Waals surface area (Å²) < 4.78 is 12.2. The third-order valence-electron chi connectivity index (χ3n) is 4.38. The van der Waals surface area contributed by atoms with Crippen LogP contribution in [-0.2, 0) is 0 Å². The number of benzene rings is 4. The Balaban J connectivity index is 2.00. The molecule has 0 amide bonds. The van der Waals surface area contributed by atoms with Crippen LogP contribution in [0.3, 0.4) is 0 Å². The van der Waals surface area contributed by atoms with Gasteiger partial charge in [-0.25, -0.2) is 0 Å². The maximum absolute atomic E-state index is 6.08. The number of fused-ring (bicyclic) bond motifs is 7. The van der Waals surface area contributed by atoms with Crippen molar-refractivity contribution >= 4 is 44.2 Å². The van der Waals surface area contributed by atoms with Gasteiger partial charge in [-0.3, -0.25) is 0 Å². The molecule has 1 aliphatic heterocycles. The molecule has 24 heavy (non-hydrogen) atoms. The van der Waals surface area contributed by atoms with Gasteiger partial charge in [0.25, 0.3) is 0 Å². The molecule has 0 atom stereocenters. The molecule has 0 bridgehead atoms. The van der Waals surface area contributed by atoms with Crippen molar-refractivity contribution in [2.75, 3.05) is 0 Å². The Kier molecular flexibility index (Phi) is 3.28. The van der Waals surface area contributed by atoms with Crippen molar-refractivity contribution in [2.24, 2.45) is 0 Å². The van der Waals surface area contributed by atoms with E-state index in [1.54, 1.807) is 0 Å². The van der Waals surface area contributed by atoms with Crippen LogP contribution in [0.25, 0.3) is 32.7 Å². The molecule has 0 unspecified atom stereocenters. The summed E-state index contributed by atoms with van der Waals surface area (Å²) in [6.07, 6.45) is 0. The molecule has 4 aromatic carbocycles. The van der Waals surface area contributed by atoms with Crippen LogP contribution in [0.15, 0.2) is 72.8 Å². The number of hydrogen-bond acceptors (Lipinski definition) is 2. The Hall–Kier alpha value is -2.05. The molecule has 1 heterocycles. The summed E-state index contributed by atoms with van der Waals surface area (Å²) in [5, 5.41) is 4.76. The molecule has 0 N–H and O–H groups in total. The average molecular weight is 394 g/mol. The molecule has 0 saturated heterocycles. The maximum atomic E-state index is 6.08. The van der Waals surface area contributed by atoms with Gasteiger partial charge < -0.3 is 0 Å². The Morgan fingerprint density at radius 1 is 0.583 bits per heavy atom. The summed E-state index contributed by atoms with van der Waals surface area (Å²) in [4.78, 5) is 0. The summed E-state index contributed by atoms with van der Waals surface area (Å²) in [5.41, 5.74) is 2.22. The number of hydrogen-bond donors (Lipinski definition) is 0. The van der Waals surface area contributed by atoms with Gasteiger partial charge in [0.1, 0.15) is 0 Å². The fourth-order valence-corrected chi connectivity index (χ4v) is 5.02. The van der Waals surface area contributed by atoms with Crippen LogP contribution >= 0.6 is 7.07 Å². The SMILES string of the molecule is [Se-][P+]1Oc2ccc3ccccc3c2-c2c(ccc3ccccc23)O1. The quantitative estimate of drug-likeness (QED) is 0.276. The first-order chi connectivity index (χ1) is 11.8. The van der Waals surface area contributed by atoms with Crippen molar-refractivity contribution in [3.63, 3.8) is 0 Å². The predicted octanol–water partition coefficient (Wildman–Crippen LogP) is 5.83. The zero-order chi connectivity index (χ0) is 16.1. The second-order valence-corrected chi connectivity index (χ2v) is 8.41. The first kappa shape index (κ1) is 14.3. The second-order valence-electron chi connectivity index (χ2n) is 5.73. The minimum absolute atomic E-state index is 0.869. The van der Waals surface area contributed by atoms with Crippen LogP contribution in [0.4, 0.5) is 0 Å². The zero-order valence-corrected chi connectivity index (χ0v) is 15.2. The molecular formula is C20H12O2PSe. The van der Waals surface area contributed by atoms with E-state index in [4.69, 9.17) is 9.05 Å². The molecule has 4 aromatic rings. The fourth-order valence-electron chi connectivity index (χ4n) is 3.35. The van der Waals surface area contributed by atoms with Crippen LogP contribution < -0.4 is 9.05 Å². The van der Waals surface area contributed by atoms with E-state index in [1.165, 1.54) is 21.5 Å². The van der Waals surface area contributed by atoms with Gasteiger partial charge in [-0.1, -0.05) is 0 Å². The molecule has 1 aliphatic rings. The van der Waals surface area contributed by atoms with E-state index >= 15 is 0 Å². The van der Waals surface area contributed by atoms with E-state index in [9.17, 15) is 0 Å². The van der Waals surface area contributed by atoms with E-state index in [1.807, 2.05) is 12.1 Å². The van der Waals surface area contributed by atoms with Gasteiger partial charge in [-0.2, -0.15) is 0 Å². The van der Waals surface area contributed by atoms with Crippen LogP contribution in [0.5, 0.6) is 11.5 Å². The molecule has 4 heteroatoms. The third-order valence-corrected chi connectivity index (χ3v) is 6.01. The summed E-state index contributed by atoms with van der Waals surface area (Å²) in [6, 6.07) is 25.1. The predicted molar refractivity (Wildman–Crippen MR) is 101 cm³/mol. The normalized spacial score (nSPS) is 13.7. The van der Waals surface area contributed by atoms with Gasteiger partial charge in [0.05, 0.1) is 0 Å². The summed E-state index contributed by atoms with van der Waals surface area (Å²) in [5.74, 6) is 1.74. The van der Waals surface area contributed by atoms with Crippen molar-refractivity contribution < 1.29 is 9.05 Å². The van der Waals surface area contributed by atoms with E-state index < -0.39 is 7.07 Å². The molecule has 0 fully saturated rings. The van der Waals surface area contributed by atoms with Crippen molar-refractivity contribution in [1.29, 1.82) is 0 Å². The van der Waals surface area contributed by atoms with Crippen molar-refractivity contribution in [1.82, 2.24) is 0 Å². The monoisotopic (exact) mass is 395 g/mol. The Bertz CT molecular complexity index is 1010. The average Bonchev–Trinajstić information content (AvgIpc) is 2.77. The molecule has 0 spiro atoms. The fraction of sp³-hybridized carbons (Fsp3) is 0. The van der Waals surface area contributed by atoms with Crippen LogP contribution in [0, 0.1) is 0 Å². The Morgan fingerprint density at radius 2 is 1.04 bits per heavy atom. The topological polar surface area (TPSA) is 18.5 Å². The first-order valence-electron chi connectivity index (χ1n) is 7.68. The van der Waals surface area contributed by atoms with E-state index in [-0.39, 0.29) is 0 Å². The zero-order valence-electron chi connectivity index (χ0n) is 12.6. The standard InChI is InChI=1S/C20H12O2PSe/c24-23-21-17-11-9-13-5-1-3-7-15(13)19(17)20-16-8-4-2-6-14(16)10-12-18(20)22-23/h1-12H. The molecule has 0 aromatic heterocycles. The van der Waals surface area contributed by atoms with Gasteiger partial charge in [0.15, 0.2) is 0 Å². The molecule has 1 radical (unpaired) electrons. The molecule has 5 rings (SSSR count). The second kappa shape index (κ2) is 5.50. The first-order valence-corrected chi connectivity index (χ1v) is 11.1. The molecule has 115 valence electrons. The summed E-state index contributed by atoms with van der Waals surface area (Å²) in [7, 11) is -1.13. The van der Waals surface area contributed by atoms with Crippen LogP contribution in [0.1, 0.15) is 0 Å². The Labute approximate surface area is 148 Å². The van der Waals surface area contributed by atoms with E-state index in [0.717, 1.165) is 22.6 Å². The van der Waals surface area contributed by atoms with Crippen molar-refractivity contribution in [2.45, 2.75) is 0 Å². The molecule has 0 saturated carbocycles. The minimum atomic E-state index is -1.13. The van der Waals surface area contributed by atoms with Gasteiger partial charge in [-0.05, 0) is 0 Å².